The third kappa shape index (κ3) is 5.15. The van der Waals surface area contributed by atoms with Gasteiger partial charge in [0.25, 0.3) is 0 Å². The van der Waals surface area contributed by atoms with Crippen LogP contribution in [0.5, 0.6) is 0 Å². The smallest absolute Gasteiger partial charge is 0.145 e. The number of para-hydroxylation sites is 4. The minimum absolute atomic E-state index is 0.0728. The second-order valence-electron chi connectivity index (χ2n) is 16.5. The molecule has 0 radical (unpaired) electrons. The van der Waals surface area contributed by atoms with Gasteiger partial charge in [0.1, 0.15) is 11.2 Å². The maximum absolute atomic E-state index is 6.87. The summed E-state index contributed by atoms with van der Waals surface area (Å²) in [6.07, 6.45) is 0. The van der Waals surface area contributed by atoms with Crippen LogP contribution in [0.2, 0.25) is 0 Å². The van der Waals surface area contributed by atoms with Crippen molar-refractivity contribution in [2.75, 3.05) is 4.90 Å². The Morgan fingerprint density at radius 1 is 0.433 bits per heavy atom. The lowest BCUT2D eigenvalue weighted by Gasteiger charge is -2.27. The first-order valence-electron chi connectivity index (χ1n) is 20.8. The molecule has 0 unspecified atom stereocenters. The third-order valence-electron chi connectivity index (χ3n) is 12.8. The number of hydrogen-bond acceptors (Lipinski definition) is 2. The first kappa shape index (κ1) is 34.4. The number of nitrogens with zero attached hydrogens (tertiary/aromatic N) is 2. The number of rotatable bonds is 6. The monoisotopic (exact) mass is 768 g/mol. The topological polar surface area (TPSA) is 21.3 Å². The summed E-state index contributed by atoms with van der Waals surface area (Å²) in [6, 6.07) is 74.7. The predicted molar refractivity (Wildman–Crippen MR) is 251 cm³/mol. The van der Waals surface area contributed by atoms with Gasteiger partial charge in [-0.2, -0.15) is 0 Å². The normalized spacial score (nSPS) is 13.0. The Balaban J connectivity index is 1.00. The molecule has 2 aromatic heterocycles. The van der Waals surface area contributed by atoms with Crippen LogP contribution < -0.4 is 4.90 Å². The Morgan fingerprint density at radius 2 is 1.03 bits per heavy atom. The standard InChI is InChI=1S/C57H40N2O/c1-57(2)49-23-10-6-19-44(49)45-32-29-39(36-50(45)57)38-15-14-18-42(35-38)58(40-16-4-3-5-17-40)53-34-33-43(56-55(53)48-22-9-13-26-54(48)60-56)37-27-30-41(31-28-37)59-51-24-11-7-20-46(51)47-21-8-12-25-52(47)59/h3-36H,1-2H3. The van der Waals surface area contributed by atoms with Gasteiger partial charge in [-0.3, -0.25) is 0 Å². The van der Waals surface area contributed by atoms with Gasteiger partial charge in [0.2, 0.25) is 0 Å². The number of fused-ring (bicyclic) bond motifs is 9. The molecule has 3 nitrogen and oxygen atoms in total. The molecule has 2 heterocycles. The molecule has 284 valence electrons. The largest absolute Gasteiger partial charge is 0.455 e. The summed E-state index contributed by atoms with van der Waals surface area (Å²) in [4.78, 5) is 2.39. The highest BCUT2D eigenvalue weighted by molar-refractivity contribution is 6.17. The molecule has 0 saturated heterocycles. The summed E-state index contributed by atoms with van der Waals surface area (Å²) in [7, 11) is 0. The second kappa shape index (κ2) is 13.2. The molecule has 1 aliphatic carbocycles. The highest BCUT2D eigenvalue weighted by Crippen LogP contribution is 2.50. The van der Waals surface area contributed by atoms with Crippen molar-refractivity contribution in [1.29, 1.82) is 0 Å². The van der Waals surface area contributed by atoms with Crippen molar-refractivity contribution >= 4 is 60.8 Å². The van der Waals surface area contributed by atoms with Gasteiger partial charge >= 0.3 is 0 Å². The van der Waals surface area contributed by atoms with E-state index in [1.165, 1.54) is 55.2 Å². The fourth-order valence-electron chi connectivity index (χ4n) is 9.93. The Bertz CT molecular complexity index is 3410. The van der Waals surface area contributed by atoms with Gasteiger partial charge in [0.05, 0.1) is 22.1 Å². The van der Waals surface area contributed by atoms with Crippen LogP contribution in [-0.2, 0) is 5.41 Å². The molecule has 0 amide bonds. The molecule has 0 aliphatic heterocycles. The van der Waals surface area contributed by atoms with Gasteiger partial charge < -0.3 is 13.9 Å². The van der Waals surface area contributed by atoms with Crippen LogP contribution in [0.4, 0.5) is 17.1 Å². The first-order chi connectivity index (χ1) is 29.5. The van der Waals surface area contributed by atoms with Gasteiger partial charge in [0, 0.05) is 44.2 Å². The van der Waals surface area contributed by atoms with E-state index in [4.69, 9.17) is 4.42 Å². The molecule has 0 bridgehead atoms. The minimum Gasteiger partial charge on any atom is -0.455 e. The molecule has 1 aliphatic rings. The highest BCUT2D eigenvalue weighted by atomic mass is 16.3. The molecule has 0 fully saturated rings. The molecule has 9 aromatic carbocycles. The van der Waals surface area contributed by atoms with Crippen molar-refractivity contribution in [1.82, 2.24) is 4.57 Å². The zero-order valence-electron chi connectivity index (χ0n) is 33.4. The van der Waals surface area contributed by atoms with Crippen molar-refractivity contribution in [3.8, 4) is 39.1 Å². The zero-order valence-corrected chi connectivity index (χ0v) is 33.4. The number of anilines is 3. The van der Waals surface area contributed by atoms with Crippen molar-refractivity contribution in [2.24, 2.45) is 0 Å². The molecular formula is C57H40N2O. The molecule has 3 heteroatoms. The van der Waals surface area contributed by atoms with Crippen LogP contribution >= 0.6 is 0 Å². The number of furan rings is 1. The van der Waals surface area contributed by atoms with Gasteiger partial charge in [-0.05, 0) is 112 Å². The van der Waals surface area contributed by atoms with E-state index in [9.17, 15) is 0 Å². The van der Waals surface area contributed by atoms with Crippen LogP contribution in [0, 0.1) is 0 Å². The van der Waals surface area contributed by atoms with E-state index in [2.05, 4.69) is 230 Å². The lowest BCUT2D eigenvalue weighted by atomic mass is 9.81. The Morgan fingerprint density at radius 3 is 1.82 bits per heavy atom. The molecule has 0 saturated carbocycles. The lowest BCUT2D eigenvalue weighted by Crippen LogP contribution is -2.14. The van der Waals surface area contributed by atoms with Crippen molar-refractivity contribution in [3.05, 3.63) is 217 Å². The van der Waals surface area contributed by atoms with Crippen LogP contribution in [0.15, 0.2) is 211 Å². The van der Waals surface area contributed by atoms with E-state index < -0.39 is 0 Å². The van der Waals surface area contributed by atoms with E-state index in [-0.39, 0.29) is 5.41 Å². The number of aromatic nitrogens is 1. The maximum atomic E-state index is 6.87. The van der Waals surface area contributed by atoms with Gasteiger partial charge in [-0.15, -0.1) is 0 Å². The fraction of sp³-hybridized carbons (Fsp3) is 0.0526. The summed E-state index contributed by atoms with van der Waals surface area (Å²) < 4.78 is 9.23. The third-order valence-corrected chi connectivity index (χ3v) is 12.8. The summed E-state index contributed by atoms with van der Waals surface area (Å²) in [5.74, 6) is 0. The van der Waals surface area contributed by atoms with Gasteiger partial charge in [-0.1, -0.05) is 147 Å². The average Bonchev–Trinajstić information content (AvgIpc) is 3.93. The van der Waals surface area contributed by atoms with Gasteiger partial charge in [-0.25, -0.2) is 0 Å². The Kier molecular flexibility index (Phi) is 7.58. The SMILES string of the molecule is CC1(C)c2ccccc2-c2ccc(-c3cccc(N(c4ccccc4)c4ccc(-c5ccc(-n6c7ccccc7c7ccccc76)cc5)c5oc6ccccc6c45)c3)cc21. The van der Waals surface area contributed by atoms with Crippen LogP contribution in [0.3, 0.4) is 0 Å². The Hall–Kier alpha value is -7.62. The van der Waals surface area contributed by atoms with E-state index >= 15 is 0 Å². The highest BCUT2D eigenvalue weighted by Gasteiger charge is 2.35. The van der Waals surface area contributed by atoms with E-state index in [0.717, 1.165) is 55.8 Å². The average molecular weight is 769 g/mol. The number of benzene rings is 9. The maximum Gasteiger partial charge on any atom is 0.145 e. The quantitative estimate of drug-likeness (QED) is 0.168. The minimum atomic E-state index is -0.0728. The molecule has 60 heavy (non-hydrogen) atoms. The molecule has 12 rings (SSSR count). The van der Waals surface area contributed by atoms with E-state index in [0.29, 0.717) is 0 Å². The van der Waals surface area contributed by atoms with E-state index in [1.54, 1.807) is 0 Å². The van der Waals surface area contributed by atoms with Crippen molar-refractivity contribution in [3.63, 3.8) is 0 Å². The van der Waals surface area contributed by atoms with Crippen molar-refractivity contribution in [2.45, 2.75) is 19.3 Å². The van der Waals surface area contributed by atoms with Crippen LogP contribution in [0.25, 0.3) is 82.8 Å². The molecule has 0 spiro atoms. The lowest BCUT2D eigenvalue weighted by molar-refractivity contribution is 0.660. The predicted octanol–water partition coefficient (Wildman–Crippen LogP) is 15.8. The zero-order chi connectivity index (χ0) is 40.0. The van der Waals surface area contributed by atoms with Gasteiger partial charge in [0.15, 0.2) is 0 Å². The molecule has 11 aromatic rings. The van der Waals surface area contributed by atoms with Crippen LogP contribution in [0.1, 0.15) is 25.0 Å². The molecule has 0 atom stereocenters. The fourth-order valence-corrected chi connectivity index (χ4v) is 9.93. The Labute approximate surface area is 349 Å². The van der Waals surface area contributed by atoms with E-state index in [1.807, 2.05) is 0 Å². The second-order valence-corrected chi connectivity index (χ2v) is 16.5. The van der Waals surface area contributed by atoms with Crippen LogP contribution in [-0.4, -0.2) is 4.57 Å². The van der Waals surface area contributed by atoms with Crippen molar-refractivity contribution < 1.29 is 4.42 Å². The summed E-state index contributed by atoms with van der Waals surface area (Å²) >= 11 is 0. The molecular weight excluding hydrogens is 729 g/mol. The summed E-state index contributed by atoms with van der Waals surface area (Å²) in [6.45, 7) is 4.69. The first-order valence-corrected chi connectivity index (χ1v) is 20.8. The molecule has 0 N–H and O–H groups in total. The summed E-state index contributed by atoms with van der Waals surface area (Å²) in [5.41, 5.74) is 18.4. The summed E-state index contributed by atoms with van der Waals surface area (Å²) in [5, 5.41) is 4.68. The number of hydrogen-bond donors (Lipinski definition) is 0.